The molecule has 0 bridgehead atoms. The number of carbonyl (C=O) groups is 2. The maximum Gasteiger partial charge on any atom is 0.338 e. The Hall–Kier alpha value is -6.95. The summed E-state index contributed by atoms with van der Waals surface area (Å²) in [7, 11) is 0. The molecule has 25 heteroatoms. The molecule has 0 aliphatic heterocycles. The van der Waals surface area contributed by atoms with E-state index in [1.807, 2.05) is 25.1 Å². The smallest absolute Gasteiger partial charge is 0.338 e. The van der Waals surface area contributed by atoms with E-state index in [-0.39, 0.29) is 18.3 Å². The number of nitrogens with zero attached hydrogens (tertiary/aromatic N) is 1. The normalized spacial score (nSPS) is 11.4. The number of halogens is 20. The second-order valence-electron chi connectivity index (χ2n) is 13.8. The molecule has 5 aromatic carbocycles. The van der Waals surface area contributed by atoms with Crippen LogP contribution in [0.2, 0.25) is 0 Å². The molecule has 0 atom stereocenters. The summed E-state index contributed by atoms with van der Waals surface area (Å²) >= 11 is 0. The fourth-order valence-corrected chi connectivity index (χ4v) is 6.85. The Morgan fingerprint density at radius 1 is 0.418 bits per heavy atom. The van der Waals surface area contributed by atoms with E-state index in [4.69, 9.17) is 4.74 Å². The third-order valence-electron chi connectivity index (χ3n) is 9.99. The lowest BCUT2D eigenvalue weighted by Gasteiger charge is -2.44. The highest BCUT2D eigenvalue weighted by atomic mass is 19.2. The van der Waals surface area contributed by atoms with Crippen LogP contribution in [0, 0.1) is 116 Å². The van der Waals surface area contributed by atoms with Gasteiger partial charge in [-0.1, -0.05) is 43.7 Å². The molecule has 1 heterocycles. The Labute approximate surface area is 361 Å². The number of ether oxygens (including phenoxy) is 1. The number of benzene rings is 5. The van der Waals surface area contributed by atoms with Crippen molar-refractivity contribution in [2.75, 3.05) is 6.61 Å². The van der Waals surface area contributed by atoms with Gasteiger partial charge in [-0.05, 0) is 6.42 Å². The number of Topliss-reactive ketones (excluding diaryl/α,β-unsaturated/α-hetero) is 1. The molecule has 0 spiro atoms. The van der Waals surface area contributed by atoms with Crippen LogP contribution in [-0.2, 0) is 11.3 Å². The van der Waals surface area contributed by atoms with Gasteiger partial charge in [0, 0.05) is 17.7 Å². The van der Waals surface area contributed by atoms with Gasteiger partial charge in [0.05, 0.1) is 12.2 Å². The van der Waals surface area contributed by atoms with Crippen molar-refractivity contribution in [1.29, 1.82) is 0 Å². The summed E-state index contributed by atoms with van der Waals surface area (Å²) in [6.45, 7) is 2.73. The van der Waals surface area contributed by atoms with Crippen LogP contribution in [0.25, 0.3) is 0 Å². The molecule has 0 radical (unpaired) electrons. The van der Waals surface area contributed by atoms with Gasteiger partial charge in [-0.15, -0.1) is 21.9 Å². The zero-order valence-corrected chi connectivity index (χ0v) is 32.8. The Balaban J connectivity index is 0.000000319. The molecular formula is C42H20BF20NO3. The van der Waals surface area contributed by atoms with Crippen molar-refractivity contribution in [3.63, 3.8) is 0 Å². The van der Waals surface area contributed by atoms with E-state index in [1.165, 1.54) is 0 Å². The van der Waals surface area contributed by atoms with Crippen molar-refractivity contribution in [3.8, 4) is 0 Å². The molecular weight excluding hydrogens is 957 g/mol. The maximum absolute atomic E-state index is 15.4. The summed E-state index contributed by atoms with van der Waals surface area (Å²) < 4.78 is 301. The van der Waals surface area contributed by atoms with Crippen LogP contribution in [0.15, 0.2) is 54.9 Å². The number of ketones is 1. The number of rotatable bonds is 11. The van der Waals surface area contributed by atoms with Gasteiger partial charge < -0.3 is 4.74 Å². The first-order valence-electron chi connectivity index (χ1n) is 18.4. The number of carbonyl (C=O) groups excluding carboxylic acids is 2. The third-order valence-corrected chi connectivity index (χ3v) is 9.99. The highest BCUT2D eigenvalue weighted by Crippen LogP contribution is 2.31. The minimum atomic E-state index is -7.22. The minimum Gasteiger partial charge on any atom is -0.462 e. The van der Waals surface area contributed by atoms with Crippen molar-refractivity contribution >= 4 is 39.7 Å². The minimum absolute atomic E-state index is 0.0314. The highest BCUT2D eigenvalue weighted by Gasteiger charge is 2.52. The lowest BCUT2D eigenvalue weighted by atomic mass is 9.12. The summed E-state index contributed by atoms with van der Waals surface area (Å²) in [4.78, 5) is 23.9. The Bertz CT molecular complexity index is 2550. The second kappa shape index (κ2) is 19.9. The molecule has 0 amide bonds. The van der Waals surface area contributed by atoms with Gasteiger partial charge in [0.1, 0.15) is 52.7 Å². The van der Waals surface area contributed by atoms with Crippen molar-refractivity contribution in [1.82, 2.24) is 0 Å². The Kier molecular flexibility index (Phi) is 15.1. The first-order valence-corrected chi connectivity index (χ1v) is 18.4. The molecule has 0 saturated heterocycles. The van der Waals surface area contributed by atoms with Crippen molar-refractivity contribution in [2.24, 2.45) is 0 Å². The van der Waals surface area contributed by atoms with Gasteiger partial charge in [-0.3, -0.25) is 4.79 Å². The van der Waals surface area contributed by atoms with Crippen LogP contribution in [-0.4, -0.2) is 24.5 Å². The van der Waals surface area contributed by atoms with Crippen LogP contribution in [0.4, 0.5) is 87.8 Å². The SMILES string of the molecule is CCCCOC(=O)c1cc[n+](CC(=O)c2ccccc2)cc1.Fc1c(F)c(F)c([B-](c2c(F)c(F)c(F)c(F)c2F)(c2c(F)c(F)c(F)c(F)c2F)c2c(F)c(F)c(F)c(F)c2F)c(F)c1F. The van der Waals surface area contributed by atoms with E-state index >= 15 is 35.1 Å². The number of hydrogen-bond donors (Lipinski definition) is 0. The molecule has 354 valence electrons. The zero-order chi connectivity index (χ0) is 50.1. The summed E-state index contributed by atoms with van der Waals surface area (Å²) in [6.07, 6.45) is -1.92. The van der Waals surface area contributed by atoms with E-state index in [2.05, 4.69) is 0 Å². The number of aromatic nitrogens is 1. The van der Waals surface area contributed by atoms with E-state index in [0.717, 1.165) is 12.8 Å². The molecule has 0 aliphatic rings. The Morgan fingerprint density at radius 3 is 0.985 bits per heavy atom. The van der Waals surface area contributed by atoms with E-state index < -0.39 is 144 Å². The van der Waals surface area contributed by atoms with Crippen LogP contribution in [0.5, 0.6) is 0 Å². The van der Waals surface area contributed by atoms with Crippen LogP contribution >= 0.6 is 0 Å². The zero-order valence-electron chi connectivity index (χ0n) is 32.8. The summed E-state index contributed by atoms with van der Waals surface area (Å²) in [6, 6.07) is 12.5. The van der Waals surface area contributed by atoms with Gasteiger partial charge in [-0.2, -0.15) is 4.57 Å². The Morgan fingerprint density at radius 2 is 0.701 bits per heavy atom. The molecule has 6 aromatic rings. The van der Waals surface area contributed by atoms with E-state index in [1.54, 1.807) is 41.2 Å². The average Bonchev–Trinajstić information content (AvgIpc) is 3.32. The largest absolute Gasteiger partial charge is 0.462 e. The predicted molar refractivity (Wildman–Crippen MR) is 192 cm³/mol. The lowest BCUT2D eigenvalue weighted by molar-refractivity contribution is -0.683. The van der Waals surface area contributed by atoms with Gasteiger partial charge in [0.15, 0.2) is 82.2 Å². The van der Waals surface area contributed by atoms with Crippen molar-refractivity contribution < 1.29 is 107 Å². The number of esters is 1. The molecule has 67 heavy (non-hydrogen) atoms. The van der Waals surface area contributed by atoms with Gasteiger partial charge in [0.2, 0.25) is 12.3 Å². The third kappa shape index (κ3) is 8.77. The first kappa shape index (κ1) is 51.0. The standard InChI is InChI=1S/C24BF20.C18H20NO3/c26-5-1(6(27)14(35)21(42)13(5)34)25(2-7(28)15(36)22(43)16(37)8(2)29,3-9(30)17(38)23(44)18(39)10(3)31)4-11(32)19(40)24(45)20(41)12(4)33;1-2-3-13-22-18(21)16-9-11-19(12-10-16)14-17(20)15-7-5-4-6-8-15/h;4-12H,2-3,13-14H2,1H3/q-1;+1. The maximum atomic E-state index is 15.4. The summed E-state index contributed by atoms with van der Waals surface area (Å²) in [5.41, 5.74) is -13.2. The van der Waals surface area contributed by atoms with Crippen molar-refractivity contribution in [3.05, 3.63) is 182 Å². The number of unbranched alkanes of at least 4 members (excludes halogenated alkanes) is 1. The molecule has 0 aliphatic carbocycles. The second-order valence-corrected chi connectivity index (χ2v) is 13.8. The molecule has 0 saturated carbocycles. The lowest BCUT2D eigenvalue weighted by Crippen LogP contribution is -2.81. The molecule has 0 unspecified atom stereocenters. The van der Waals surface area contributed by atoms with Crippen LogP contribution in [0.3, 0.4) is 0 Å². The highest BCUT2D eigenvalue weighted by molar-refractivity contribution is 7.20. The molecule has 0 fully saturated rings. The summed E-state index contributed by atoms with van der Waals surface area (Å²) in [5, 5.41) is 0. The summed E-state index contributed by atoms with van der Waals surface area (Å²) in [5.74, 6) is -71.7. The van der Waals surface area contributed by atoms with Gasteiger partial charge >= 0.3 is 5.97 Å². The van der Waals surface area contributed by atoms with E-state index in [0.29, 0.717) is 17.7 Å². The molecule has 1 aromatic heterocycles. The van der Waals surface area contributed by atoms with Crippen LogP contribution in [0.1, 0.15) is 40.5 Å². The predicted octanol–water partition coefficient (Wildman–Crippen LogP) is 8.66. The first-order chi connectivity index (χ1) is 31.4. The van der Waals surface area contributed by atoms with Crippen molar-refractivity contribution in [2.45, 2.75) is 26.3 Å². The quantitative estimate of drug-likeness (QED) is 0.0191. The molecule has 0 N–H and O–H groups in total. The topological polar surface area (TPSA) is 47.2 Å². The number of pyridine rings is 1. The monoisotopic (exact) mass is 977 g/mol. The number of hydrogen-bond acceptors (Lipinski definition) is 3. The fraction of sp³-hybridized carbons (Fsp3) is 0.119. The molecule has 4 nitrogen and oxygen atoms in total. The molecule has 6 rings (SSSR count). The van der Waals surface area contributed by atoms with Crippen LogP contribution < -0.4 is 26.4 Å². The van der Waals surface area contributed by atoms with Gasteiger partial charge in [0.25, 0.3) is 0 Å². The average molecular weight is 977 g/mol. The van der Waals surface area contributed by atoms with Gasteiger partial charge in [-0.25, -0.2) is 92.6 Å². The van der Waals surface area contributed by atoms with E-state index in [9.17, 15) is 62.3 Å². The fourth-order valence-electron chi connectivity index (χ4n) is 6.85.